The summed E-state index contributed by atoms with van der Waals surface area (Å²) < 4.78 is 0. The molecule has 0 aliphatic rings. The number of rotatable bonds is 6. The predicted molar refractivity (Wildman–Crippen MR) is 105 cm³/mol. The van der Waals surface area contributed by atoms with Gasteiger partial charge in [-0.3, -0.25) is 14.4 Å². The molecule has 0 heterocycles. The van der Waals surface area contributed by atoms with E-state index in [9.17, 15) is 14.4 Å². The summed E-state index contributed by atoms with van der Waals surface area (Å²) in [5.74, 6) is -0.720. The van der Waals surface area contributed by atoms with Crippen molar-refractivity contribution in [2.45, 2.75) is 32.7 Å². The van der Waals surface area contributed by atoms with Crippen molar-refractivity contribution in [1.82, 2.24) is 10.6 Å². The van der Waals surface area contributed by atoms with E-state index in [2.05, 4.69) is 16.0 Å². The molecule has 0 unspecified atom stereocenters. The maximum Gasteiger partial charge on any atom is 0.251 e. The molecule has 3 amide bonds. The van der Waals surface area contributed by atoms with Gasteiger partial charge in [-0.05, 0) is 50.6 Å². The number of carbonyl (C=O) groups is 3. The third kappa shape index (κ3) is 7.32. The second-order valence-corrected chi connectivity index (χ2v) is 7.27. The zero-order valence-corrected chi connectivity index (χ0v) is 15.8. The fraction of sp³-hybridized carbons (Fsp3) is 0.286. The summed E-state index contributed by atoms with van der Waals surface area (Å²) in [7, 11) is 0. The molecule has 0 atom stereocenters. The normalized spacial score (nSPS) is 10.8. The molecule has 2 rings (SSSR count). The van der Waals surface area contributed by atoms with Gasteiger partial charge in [0.2, 0.25) is 11.8 Å². The molecule has 0 fully saturated rings. The number of hydrogen-bond donors (Lipinski definition) is 3. The van der Waals surface area contributed by atoms with Crippen LogP contribution in [0.15, 0.2) is 54.6 Å². The Morgan fingerprint density at radius 1 is 0.852 bits per heavy atom. The minimum Gasteiger partial charge on any atom is -0.347 e. The average Bonchev–Trinajstić information content (AvgIpc) is 2.60. The van der Waals surface area contributed by atoms with Crippen molar-refractivity contribution in [3.8, 4) is 0 Å². The second-order valence-electron chi connectivity index (χ2n) is 7.27. The molecule has 27 heavy (non-hydrogen) atoms. The Bertz CT molecular complexity index is 794. The lowest BCUT2D eigenvalue weighted by molar-refractivity contribution is -0.123. The first-order valence-corrected chi connectivity index (χ1v) is 8.76. The Kier molecular flexibility index (Phi) is 6.71. The van der Waals surface area contributed by atoms with Gasteiger partial charge in [-0.1, -0.05) is 30.3 Å². The van der Waals surface area contributed by atoms with E-state index in [1.165, 1.54) is 0 Å². The zero-order valence-electron chi connectivity index (χ0n) is 15.8. The summed E-state index contributed by atoms with van der Waals surface area (Å²) in [6.07, 6.45) is 0.228. The van der Waals surface area contributed by atoms with E-state index in [1.807, 2.05) is 51.1 Å². The number of anilines is 1. The first-order valence-electron chi connectivity index (χ1n) is 8.76. The van der Waals surface area contributed by atoms with Gasteiger partial charge in [-0.25, -0.2) is 0 Å². The smallest absolute Gasteiger partial charge is 0.251 e. The van der Waals surface area contributed by atoms with Gasteiger partial charge < -0.3 is 16.0 Å². The number of benzene rings is 2. The van der Waals surface area contributed by atoms with Crippen molar-refractivity contribution >= 4 is 23.4 Å². The molecule has 0 aromatic heterocycles. The van der Waals surface area contributed by atoms with Crippen molar-refractivity contribution in [2.24, 2.45) is 0 Å². The first-order chi connectivity index (χ1) is 12.7. The second kappa shape index (κ2) is 8.98. The molecule has 0 saturated carbocycles. The highest BCUT2D eigenvalue weighted by molar-refractivity contribution is 5.97. The molecule has 2 aromatic rings. The van der Waals surface area contributed by atoms with E-state index in [0.717, 1.165) is 5.56 Å². The summed E-state index contributed by atoms with van der Waals surface area (Å²) in [5.41, 5.74) is 1.64. The third-order valence-electron chi connectivity index (χ3n) is 3.57. The SMILES string of the molecule is CC(C)(C)NC(=O)c1ccc(NC(=O)CNC(=O)Cc2ccccc2)cc1. The fourth-order valence-corrected chi connectivity index (χ4v) is 2.35. The van der Waals surface area contributed by atoms with Crippen LogP contribution >= 0.6 is 0 Å². The van der Waals surface area contributed by atoms with E-state index in [-0.39, 0.29) is 36.2 Å². The van der Waals surface area contributed by atoms with Crippen molar-refractivity contribution in [3.63, 3.8) is 0 Å². The highest BCUT2D eigenvalue weighted by Crippen LogP contribution is 2.11. The van der Waals surface area contributed by atoms with Gasteiger partial charge in [-0.15, -0.1) is 0 Å². The van der Waals surface area contributed by atoms with E-state index in [0.29, 0.717) is 11.3 Å². The van der Waals surface area contributed by atoms with Crippen molar-refractivity contribution < 1.29 is 14.4 Å². The summed E-state index contributed by atoms with van der Waals surface area (Å²) in [6.45, 7) is 5.61. The van der Waals surface area contributed by atoms with E-state index >= 15 is 0 Å². The van der Waals surface area contributed by atoms with Crippen LogP contribution in [0.1, 0.15) is 36.7 Å². The fourth-order valence-electron chi connectivity index (χ4n) is 2.35. The molecule has 6 nitrogen and oxygen atoms in total. The predicted octanol–water partition coefficient (Wildman–Crippen LogP) is 2.51. The number of hydrogen-bond acceptors (Lipinski definition) is 3. The van der Waals surface area contributed by atoms with E-state index in [1.54, 1.807) is 24.3 Å². The van der Waals surface area contributed by atoms with E-state index in [4.69, 9.17) is 0 Å². The maximum absolute atomic E-state index is 12.1. The molecule has 0 saturated heterocycles. The quantitative estimate of drug-likeness (QED) is 0.733. The Labute approximate surface area is 159 Å². The molecule has 6 heteroatoms. The lowest BCUT2D eigenvalue weighted by Gasteiger charge is -2.20. The van der Waals surface area contributed by atoms with Gasteiger partial charge in [-0.2, -0.15) is 0 Å². The molecule has 0 aliphatic carbocycles. The van der Waals surface area contributed by atoms with Crippen LogP contribution in [0.5, 0.6) is 0 Å². The summed E-state index contributed by atoms with van der Waals surface area (Å²) >= 11 is 0. The van der Waals surface area contributed by atoms with Crippen molar-refractivity contribution in [1.29, 1.82) is 0 Å². The lowest BCUT2D eigenvalue weighted by Crippen LogP contribution is -2.40. The molecule has 0 bridgehead atoms. The van der Waals surface area contributed by atoms with Crippen LogP contribution in [-0.4, -0.2) is 29.8 Å². The lowest BCUT2D eigenvalue weighted by atomic mass is 10.1. The van der Waals surface area contributed by atoms with Gasteiger partial charge in [0.1, 0.15) is 0 Å². The van der Waals surface area contributed by atoms with Crippen LogP contribution in [0.3, 0.4) is 0 Å². The molecular weight excluding hydrogens is 342 g/mol. The number of amides is 3. The third-order valence-corrected chi connectivity index (χ3v) is 3.57. The van der Waals surface area contributed by atoms with Gasteiger partial charge >= 0.3 is 0 Å². The van der Waals surface area contributed by atoms with Crippen LogP contribution in [-0.2, 0) is 16.0 Å². The summed E-state index contributed by atoms with van der Waals surface area (Å²) in [6, 6.07) is 15.9. The Morgan fingerprint density at radius 2 is 1.48 bits per heavy atom. The first kappa shape index (κ1) is 20.2. The topological polar surface area (TPSA) is 87.3 Å². The summed E-state index contributed by atoms with van der Waals surface area (Å²) in [4.78, 5) is 35.9. The highest BCUT2D eigenvalue weighted by atomic mass is 16.2. The Balaban J connectivity index is 1.80. The Morgan fingerprint density at radius 3 is 2.07 bits per heavy atom. The van der Waals surface area contributed by atoms with Crippen LogP contribution in [0, 0.1) is 0 Å². The average molecular weight is 367 g/mol. The van der Waals surface area contributed by atoms with Crippen LogP contribution in [0.25, 0.3) is 0 Å². The minimum atomic E-state index is -0.330. The Hall–Kier alpha value is -3.15. The molecule has 0 spiro atoms. The molecule has 3 N–H and O–H groups in total. The van der Waals surface area contributed by atoms with Gasteiger partial charge in [0.25, 0.3) is 5.91 Å². The molecule has 142 valence electrons. The van der Waals surface area contributed by atoms with Gasteiger partial charge in [0.15, 0.2) is 0 Å². The van der Waals surface area contributed by atoms with Crippen LogP contribution in [0.4, 0.5) is 5.69 Å². The minimum absolute atomic E-state index is 0.113. The van der Waals surface area contributed by atoms with Gasteiger partial charge in [0.05, 0.1) is 13.0 Å². The molecule has 0 radical (unpaired) electrons. The zero-order chi connectivity index (χ0) is 19.9. The summed E-state index contributed by atoms with van der Waals surface area (Å²) in [5, 5.41) is 8.16. The number of nitrogens with one attached hydrogen (secondary N) is 3. The monoisotopic (exact) mass is 367 g/mol. The molecular formula is C21H25N3O3. The largest absolute Gasteiger partial charge is 0.347 e. The molecule has 0 aliphatic heterocycles. The maximum atomic E-state index is 12.1. The van der Waals surface area contributed by atoms with Crippen LogP contribution in [0.2, 0.25) is 0 Å². The van der Waals surface area contributed by atoms with Crippen molar-refractivity contribution in [3.05, 3.63) is 65.7 Å². The highest BCUT2D eigenvalue weighted by Gasteiger charge is 2.15. The van der Waals surface area contributed by atoms with Crippen LogP contribution < -0.4 is 16.0 Å². The van der Waals surface area contributed by atoms with Gasteiger partial charge in [0, 0.05) is 16.8 Å². The van der Waals surface area contributed by atoms with E-state index < -0.39 is 0 Å². The standard InChI is InChI=1S/C21H25N3O3/c1-21(2,3)24-20(27)16-9-11-17(12-10-16)23-19(26)14-22-18(25)13-15-7-5-4-6-8-15/h4-12H,13-14H2,1-3H3,(H,22,25)(H,23,26)(H,24,27). The molecule has 2 aromatic carbocycles. The van der Waals surface area contributed by atoms with Crippen molar-refractivity contribution in [2.75, 3.05) is 11.9 Å². The number of carbonyl (C=O) groups excluding carboxylic acids is 3.